The molecule has 0 spiro atoms. The third-order valence-electron chi connectivity index (χ3n) is 4.19. The van der Waals surface area contributed by atoms with Crippen LogP contribution >= 0.6 is 11.8 Å². The van der Waals surface area contributed by atoms with Gasteiger partial charge in [0.15, 0.2) is 0 Å². The van der Waals surface area contributed by atoms with Gasteiger partial charge in [0.1, 0.15) is 17.7 Å². The Bertz CT molecular complexity index is 886. The van der Waals surface area contributed by atoms with Crippen molar-refractivity contribution in [1.29, 1.82) is 0 Å². The second-order valence-corrected chi connectivity index (χ2v) is 7.70. The Hall–Kier alpha value is -2.55. The average Bonchev–Trinajstić information content (AvgIpc) is 2.89. The van der Waals surface area contributed by atoms with Gasteiger partial charge in [0.05, 0.1) is 10.8 Å². The standard InChI is InChI=1S/C19H16F4N2O2S/c1-11-17(27)25(10-16(26)24-15-4-2-3-14(20)9-15)18(28-11)12-5-7-13(8-6-12)19(21,22)23/h2-9,11,18H,10H2,1H3,(H,24,26)/t11-,18-/m1/s1. The fourth-order valence-electron chi connectivity index (χ4n) is 2.85. The second kappa shape index (κ2) is 7.83. The molecule has 1 N–H and O–H groups in total. The van der Waals surface area contributed by atoms with Crippen LogP contribution in [0.25, 0.3) is 0 Å². The highest BCUT2D eigenvalue weighted by molar-refractivity contribution is 8.01. The van der Waals surface area contributed by atoms with Crippen molar-refractivity contribution in [3.63, 3.8) is 0 Å². The molecule has 0 saturated carbocycles. The summed E-state index contributed by atoms with van der Waals surface area (Å²) >= 11 is 1.25. The van der Waals surface area contributed by atoms with E-state index in [4.69, 9.17) is 0 Å². The monoisotopic (exact) mass is 412 g/mol. The summed E-state index contributed by atoms with van der Waals surface area (Å²) < 4.78 is 51.5. The van der Waals surface area contributed by atoms with Crippen LogP contribution in [0.15, 0.2) is 48.5 Å². The molecule has 2 aromatic rings. The number of carbonyl (C=O) groups excluding carboxylic acids is 2. The van der Waals surface area contributed by atoms with Crippen molar-refractivity contribution in [2.24, 2.45) is 0 Å². The minimum Gasteiger partial charge on any atom is -0.324 e. The van der Waals surface area contributed by atoms with Crippen LogP contribution in [0.3, 0.4) is 0 Å². The van der Waals surface area contributed by atoms with Crippen LogP contribution in [0.5, 0.6) is 0 Å². The molecule has 1 heterocycles. The Morgan fingerprint density at radius 2 is 1.86 bits per heavy atom. The molecule has 9 heteroatoms. The SMILES string of the molecule is C[C@H]1S[C@H](c2ccc(C(F)(F)F)cc2)N(CC(=O)Nc2cccc(F)c2)C1=O. The largest absolute Gasteiger partial charge is 0.416 e. The number of halogens is 4. The predicted molar refractivity (Wildman–Crippen MR) is 98.0 cm³/mol. The predicted octanol–water partition coefficient (Wildman–Crippen LogP) is 4.45. The number of nitrogens with one attached hydrogen (secondary N) is 1. The van der Waals surface area contributed by atoms with Crippen molar-refractivity contribution in [3.05, 3.63) is 65.5 Å². The zero-order chi connectivity index (χ0) is 20.5. The lowest BCUT2D eigenvalue weighted by molar-refractivity contribution is -0.137. The van der Waals surface area contributed by atoms with Crippen molar-refractivity contribution in [2.45, 2.75) is 23.7 Å². The molecule has 0 unspecified atom stereocenters. The van der Waals surface area contributed by atoms with Gasteiger partial charge in [-0.2, -0.15) is 13.2 Å². The molecular formula is C19H16F4N2O2S. The van der Waals surface area contributed by atoms with Crippen LogP contribution in [0, 0.1) is 5.82 Å². The lowest BCUT2D eigenvalue weighted by atomic mass is 10.1. The lowest BCUT2D eigenvalue weighted by Crippen LogP contribution is -2.37. The summed E-state index contributed by atoms with van der Waals surface area (Å²) in [5, 5.41) is 1.50. The van der Waals surface area contributed by atoms with Crippen molar-refractivity contribution in [3.8, 4) is 0 Å². The summed E-state index contributed by atoms with van der Waals surface area (Å²) in [6.45, 7) is 1.38. The molecule has 1 aliphatic rings. The number of nitrogens with zero attached hydrogens (tertiary/aromatic N) is 1. The molecule has 1 fully saturated rings. The maximum absolute atomic E-state index is 13.2. The number of thioether (sulfide) groups is 1. The van der Waals surface area contributed by atoms with Crippen LogP contribution < -0.4 is 5.32 Å². The highest BCUT2D eigenvalue weighted by atomic mass is 32.2. The molecule has 148 valence electrons. The number of carbonyl (C=O) groups is 2. The number of alkyl halides is 3. The van der Waals surface area contributed by atoms with Crippen LogP contribution in [-0.4, -0.2) is 28.5 Å². The van der Waals surface area contributed by atoms with E-state index in [9.17, 15) is 27.2 Å². The third-order valence-corrected chi connectivity index (χ3v) is 5.59. The van der Waals surface area contributed by atoms with Gasteiger partial charge in [-0.1, -0.05) is 18.2 Å². The smallest absolute Gasteiger partial charge is 0.324 e. The van der Waals surface area contributed by atoms with Crippen molar-refractivity contribution in [1.82, 2.24) is 4.90 Å². The Balaban J connectivity index is 1.76. The summed E-state index contributed by atoms with van der Waals surface area (Å²) in [5.41, 5.74) is -0.0355. The highest BCUT2D eigenvalue weighted by Gasteiger charge is 2.40. The fraction of sp³-hybridized carbons (Fsp3) is 0.263. The number of amides is 2. The van der Waals surface area contributed by atoms with E-state index in [1.54, 1.807) is 6.92 Å². The molecule has 2 aromatic carbocycles. The summed E-state index contributed by atoms with van der Waals surface area (Å²) in [6, 6.07) is 9.86. The Morgan fingerprint density at radius 3 is 2.46 bits per heavy atom. The van der Waals surface area contributed by atoms with Gasteiger partial charge in [-0.05, 0) is 42.8 Å². The van der Waals surface area contributed by atoms with Crippen molar-refractivity contribution < 1.29 is 27.2 Å². The first-order valence-electron chi connectivity index (χ1n) is 8.33. The Kier molecular flexibility index (Phi) is 5.64. The maximum atomic E-state index is 13.2. The quantitative estimate of drug-likeness (QED) is 0.755. The zero-order valence-corrected chi connectivity index (χ0v) is 15.5. The minimum absolute atomic E-state index is 0.253. The molecule has 0 aliphatic carbocycles. The summed E-state index contributed by atoms with van der Waals surface area (Å²) in [5.74, 6) is -1.32. The van der Waals surface area contributed by atoms with Crippen molar-refractivity contribution in [2.75, 3.05) is 11.9 Å². The molecule has 0 radical (unpaired) electrons. The van der Waals surface area contributed by atoms with E-state index in [0.29, 0.717) is 5.56 Å². The fourth-order valence-corrected chi connectivity index (χ4v) is 4.13. The van der Waals surface area contributed by atoms with Crippen molar-refractivity contribution >= 4 is 29.3 Å². The molecule has 28 heavy (non-hydrogen) atoms. The van der Waals surface area contributed by atoms with Gasteiger partial charge in [0, 0.05) is 5.69 Å². The molecule has 0 aromatic heterocycles. The van der Waals surface area contributed by atoms with E-state index >= 15 is 0 Å². The molecular weight excluding hydrogens is 396 g/mol. The van der Waals surface area contributed by atoms with Gasteiger partial charge in [-0.3, -0.25) is 9.59 Å². The first kappa shape index (κ1) is 20.2. The number of benzene rings is 2. The Labute approximate surface area is 162 Å². The van der Waals surface area contributed by atoms with Crippen LogP contribution in [0.2, 0.25) is 0 Å². The maximum Gasteiger partial charge on any atom is 0.416 e. The van der Waals surface area contributed by atoms with Gasteiger partial charge < -0.3 is 10.2 Å². The van der Waals surface area contributed by atoms with E-state index in [-0.39, 0.29) is 18.1 Å². The number of anilines is 1. The first-order valence-corrected chi connectivity index (χ1v) is 9.28. The number of hydrogen-bond acceptors (Lipinski definition) is 3. The van der Waals surface area contributed by atoms with Gasteiger partial charge in [-0.25, -0.2) is 4.39 Å². The Morgan fingerprint density at radius 1 is 1.18 bits per heavy atom. The normalized spacial score (nSPS) is 19.8. The summed E-state index contributed by atoms with van der Waals surface area (Å²) in [6.07, 6.45) is -4.45. The lowest BCUT2D eigenvalue weighted by Gasteiger charge is -2.24. The third kappa shape index (κ3) is 4.46. The van der Waals surface area contributed by atoms with E-state index in [1.165, 1.54) is 47.0 Å². The molecule has 0 bridgehead atoms. The van der Waals surface area contributed by atoms with E-state index in [2.05, 4.69) is 5.32 Å². The van der Waals surface area contributed by atoms with E-state index < -0.39 is 34.1 Å². The minimum atomic E-state index is -4.45. The number of rotatable bonds is 4. The molecule has 4 nitrogen and oxygen atoms in total. The molecule has 1 saturated heterocycles. The molecule has 2 atom stereocenters. The molecule has 3 rings (SSSR count). The first-order chi connectivity index (χ1) is 13.1. The van der Waals surface area contributed by atoms with Crippen LogP contribution in [-0.2, 0) is 15.8 Å². The summed E-state index contributed by atoms with van der Waals surface area (Å²) in [4.78, 5) is 26.1. The molecule has 1 aliphatic heterocycles. The summed E-state index contributed by atoms with van der Waals surface area (Å²) in [7, 11) is 0. The highest BCUT2D eigenvalue weighted by Crippen LogP contribution is 2.43. The van der Waals surface area contributed by atoms with Gasteiger partial charge in [0.2, 0.25) is 11.8 Å². The van der Waals surface area contributed by atoms with Gasteiger partial charge in [0.25, 0.3) is 0 Å². The zero-order valence-electron chi connectivity index (χ0n) is 14.7. The van der Waals surface area contributed by atoms with E-state index in [1.807, 2.05) is 0 Å². The average molecular weight is 412 g/mol. The van der Waals surface area contributed by atoms with Crippen LogP contribution in [0.1, 0.15) is 23.4 Å². The van der Waals surface area contributed by atoms with Gasteiger partial charge >= 0.3 is 6.18 Å². The topological polar surface area (TPSA) is 49.4 Å². The number of hydrogen-bond donors (Lipinski definition) is 1. The van der Waals surface area contributed by atoms with Gasteiger partial charge in [-0.15, -0.1) is 11.8 Å². The molecule has 2 amide bonds. The van der Waals surface area contributed by atoms with E-state index in [0.717, 1.165) is 18.2 Å². The van der Waals surface area contributed by atoms with Crippen LogP contribution in [0.4, 0.5) is 23.2 Å². The second-order valence-electron chi connectivity index (χ2n) is 6.28.